The van der Waals surface area contributed by atoms with E-state index < -0.39 is 0 Å². The molecule has 0 radical (unpaired) electrons. The molecule has 2 atom stereocenters. The molecule has 3 saturated heterocycles. The van der Waals surface area contributed by atoms with Gasteiger partial charge in [-0.3, -0.25) is 5.10 Å². The van der Waals surface area contributed by atoms with E-state index in [0.717, 1.165) is 109 Å². The second kappa shape index (κ2) is 9.97. The van der Waals surface area contributed by atoms with Crippen LogP contribution in [0.2, 0.25) is 5.02 Å². The van der Waals surface area contributed by atoms with Gasteiger partial charge in [0.1, 0.15) is 11.3 Å². The number of nitrogens with zero attached hydrogens (tertiary/aromatic N) is 6. The second-order valence-corrected chi connectivity index (χ2v) is 12.6. The van der Waals surface area contributed by atoms with Crippen molar-refractivity contribution in [3.05, 3.63) is 28.9 Å². The first-order chi connectivity index (χ1) is 18.6. The summed E-state index contributed by atoms with van der Waals surface area (Å²) in [5.74, 6) is 1.45. The normalized spacial score (nSPS) is 24.6. The molecule has 11 heteroatoms. The Balaban J connectivity index is 1.06. The molecule has 6 heterocycles. The highest BCUT2D eigenvalue weighted by Gasteiger charge is 2.41. The van der Waals surface area contributed by atoms with Crippen molar-refractivity contribution in [2.75, 3.05) is 44.4 Å². The minimum Gasteiger partial charge on any atom is -0.381 e. The fraction of sp³-hybridized carbons (Fsp3) is 0.556. The van der Waals surface area contributed by atoms with Crippen LogP contribution < -0.4 is 4.90 Å². The largest absolute Gasteiger partial charge is 0.381 e. The number of hydrogen-bond acceptors (Lipinski definition) is 9. The molecule has 4 aliphatic heterocycles. The molecule has 3 aromatic rings. The Bertz CT molecular complexity index is 1370. The van der Waals surface area contributed by atoms with E-state index in [0.29, 0.717) is 23.1 Å². The molecular formula is C27H32ClN7O2S. The lowest BCUT2D eigenvalue weighted by molar-refractivity contribution is 0.0976. The number of aromatic amines is 1. The lowest BCUT2D eigenvalue weighted by Gasteiger charge is -2.38. The third kappa shape index (κ3) is 4.65. The van der Waals surface area contributed by atoms with Crippen LogP contribution in [0.25, 0.3) is 11.2 Å². The molecule has 7 rings (SSSR count). The number of fused-ring (bicyclic) bond motifs is 2. The maximum absolute atomic E-state index is 6.93. The Morgan fingerprint density at radius 1 is 1.26 bits per heavy atom. The third-order valence-electron chi connectivity index (χ3n) is 8.40. The van der Waals surface area contributed by atoms with Crippen molar-refractivity contribution in [3.8, 4) is 0 Å². The number of hydrogen-bond donors (Lipinski definition) is 1. The Morgan fingerprint density at radius 3 is 2.95 bits per heavy atom. The second-order valence-electron chi connectivity index (χ2n) is 11.1. The predicted octanol–water partition coefficient (Wildman–Crippen LogP) is 5.06. The van der Waals surface area contributed by atoms with Crippen LogP contribution in [0.15, 0.2) is 33.2 Å². The minimum absolute atomic E-state index is 0.340. The highest BCUT2D eigenvalue weighted by Crippen LogP contribution is 2.43. The van der Waals surface area contributed by atoms with Crippen LogP contribution in [0, 0.1) is 11.3 Å². The van der Waals surface area contributed by atoms with Gasteiger partial charge in [-0.2, -0.15) is 5.10 Å². The van der Waals surface area contributed by atoms with Gasteiger partial charge in [-0.15, -0.1) is 0 Å². The zero-order chi connectivity index (χ0) is 25.7. The molecule has 1 aromatic carbocycles. The van der Waals surface area contributed by atoms with E-state index in [9.17, 15) is 0 Å². The first kappa shape index (κ1) is 24.6. The average Bonchev–Trinajstić information content (AvgIpc) is 3.67. The molecule has 3 fully saturated rings. The number of benzene rings is 1. The summed E-state index contributed by atoms with van der Waals surface area (Å²) < 4.78 is 11.4. The van der Waals surface area contributed by atoms with Crippen molar-refractivity contribution >= 4 is 52.4 Å². The van der Waals surface area contributed by atoms with E-state index in [1.165, 1.54) is 11.8 Å². The number of rotatable bonds is 5. The molecule has 9 nitrogen and oxygen atoms in total. The zero-order valence-corrected chi connectivity index (χ0v) is 23.1. The quantitative estimate of drug-likeness (QED) is 0.468. The number of piperidine rings is 1. The summed E-state index contributed by atoms with van der Waals surface area (Å²) in [6.07, 6.45) is 8.72. The molecule has 38 heavy (non-hydrogen) atoms. The summed E-state index contributed by atoms with van der Waals surface area (Å²) in [6.45, 7) is 8.37. The van der Waals surface area contributed by atoms with E-state index in [4.69, 9.17) is 31.0 Å². The molecule has 1 spiro atoms. The summed E-state index contributed by atoms with van der Waals surface area (Å²) in [7, 11) is 0. The van der Waals surface area contributed by atoms with Gasteiger partial charge in [-0.25, -0.2) is 15.0 Å². The predicted molar refractivity (Wildman–Crippen MR) is 149 cm³/mol. The van der Waals surface area contributed by atoms with Crippen molar-refractivity contribution in [1.82, 2.24) is 25.1 Å². The number of anilines is 1. The fourth-order valence-corrected chi connectivity index (χ4v) is 7.43. The molecule has 2 aromatic heterocycles. The number of aliphatic imine (C=N–C) groups is 1. The number of aromatic nitrogens is 4. The molecule has 1 unspecified atom stereocenters. The maximum atomic E-state index is 6.93. The van der Waals surface area contributed by atoms with Crippen molar-refractivity contribution in [1.29, 1.82) is 0 Å². The molecule has 0 bridgehead atoms. The summed E-state index contributed by atoms with van der Waals surface area (Å²) in [5.41, 5.74) is 3.78. The highest BCUT2D eigenvalue weighted by atomic mass is 35.5. The monoisotopic (exact) mass is 553 g/mol. The van der Waals surface area contributed by atoms with Crippen LogP contribution in [0.3, 0.4) is 0 Å². The van der Waals surface area contributed by atoms with Crippen molar-refractivity contribution in [3.63, 3.8) is 0 Å². The van der Waals surface area contributed by atoms with Gasteiger partial charge >= 0.3 is 0 Å². The first-order valence-corrected chi connectivity index (χ1v) is 14.7. The Morgan fingerprint density at radius 2 is 2.16 bits per heavy atom. The summed E-state index contributed by atoms with van der Waals surface area (Å²) in [4.78, 5) is 19.8. The van der Waals surface area contributed by atoms with Crippen LogP contribution in [0.1, 0.15) is 38.2 Å². The molecule has 4 aliphatic rings. The standard InChI is InChI=1S/C27H32ClN7O2S/c1-17-10-27(15-37-17)5-7-35(8-6-27)22-11-29-24-25(31-22)32-33-26(24)38-21-3-2-20-19(23(21)28)13-34(16-30-20)12-18-4-9-36-14-18/h2-3,11,16-18H,4-10,12-15H2,1H3,(H,31,32,33)/t17-,18?/m0/s1. The Kier molecular flexibility index (Phi) is 6.46. The number of nitrogens with one attached hydrogen (secondary N) is 1. The summed E-state index contributed by atoms with van der Waals surface area (Å²) in [5, 5.41) is 9.14. The lowest BCUT2D eigenvalue weighted by atomic mass is 9.77. The van der Waals surface area contributed by atoms with E-state index in [2.05, 4.69) is 31.9 Å². The van der Waals surface area contributed by atoms with Crippen molar-refractivity contribution in [2.45, 2.75) is 55.2 Å². The van der Waals surface area contributed by atoms with Gasteiger partial charge in [0.25, 0.3) is 0 Å². The molecular weight excluding hydrogens is 522 g/mol. The molecule has 0 saturated carbocycles. The first-order valence-electron chi connectivity index (χ1n) is 13.5. The van der Waals surface area contributed by atoms with E-state index in [-0.39, 0.29) is 0 Å². The minimum atomic E-state index is 0.340. The van der Waals surface area contributed by atoms with Crippen LogP contribution >= 0.6 is 23.4 Å². The molecule has 200 valence electrons. The smallest absolute Gasteiger partial charge is 0.177 e. The van der Waals surface area contributed by atoms with Gasteiger partial charge in [0.15, 0.2) is 10.7 Å². The number of H-pyrrole nitrogens is 1. The average molecular weight is 554 g/mol. The summed E-state index contributed by atoms with van der Waals surface area (Å²) >= 11 is 8.45. The van der Waals surface area contributed by atoms with Gasteiger partial charge in [0.2, 0.25) is 0 Å². The lowest BCUT2D eigenvalue weighted by Crippen LogP contribution is -2.41. The fourth-order valence-electron chi connectivity index (χ4n) is 6.20. The molecule has 0 aliphatic carbocycles. The van der Waals surface area contributed by atoms with Gasteiger partial charge in [0, 0.05) is 49.2 Å². The van der Waals surface area contributed by atoms with E-state index in [1.54, 1.807) is 0 Å². The SMILES string of the molecule is C[C@H]1CC2(CCN(c3cnc4c(Sc5ccc6c(c5Cl)CN(CC5CCOC5)C=N6)n[nH]c4n3)CC2)CO1. The summed E-state index contributed by atoms with van der Waals surface area (Å²) in [6, 6.07) is 4.05. The van der Waals surface area contributed by atoms with Crippen LogP contribution in [-0.4, -0.2) is 77.0 Å². The van der Waals surface area contributed by atoms with E-state index in [1.807, 2.05) is 24.7 Å². The van der Waals surface area contributed by atoms with Gasteiger partial charge in [-0.05, 0) is 50.2 Å². The highest BCUT2D eigenvalue weighted by molar-refractivity contribution is 7.99. The van der Waals surface area contributed by atoms with Crippen LogP contribution in [0.4, 0.5) is 11.5 Å². The Labute approximate surface area is 231 Å². The number of ether oxygens (including phenoxy) is 2. The van der Waals surface area contributed by atoms with Crippen molar-refractivity contribution in [2.24, 2.45) is 16.3 Å². The Hall–Kier alpha value is -2.40. The third-order valence-corrected chi connectivity index (χ3v) is 9.98. The van der Waals surface area contributed by atoms with Crippen molar-refractivity contribution < 1.29 is 9.47 Å². The zero-order valence-electron chi connectivity index (χ0n) is 21.5. The van der Waals surface area contributed by atoms with Crippen LogP contribution in [0.5, 0.6) is 0 Å². The molecule has 1 N–H and O–H groups in total. The molecule has 0 amide bonds. The van der Waals surface area contributed by atoms with E-state index >= 15 is 0 Å². The van der Waals surface area contributed by atoms with Crippen LogP contribution in [-0.2, 0) is 16.0 Å². The van der Waals surface area contributed by atoms with Gasteiger partial charge in [-0.1, -0.05) is 23.4 Å². The topological polar surface area (TPSA) is 91.8 Å². The number of halogens is 1. The van der Waals surface area contributed by atoms with Gasteiger partial charge < -0.3 is 19.3 Å². The van der Waals surface area contributed by atoms with Gasteiger partial charge in [0.05, 0.1) is 42.6 Å². The maximum Gasteiger partial charge on any atom is 0.177 e.